The average molecular weight is 472 g/mol. The number of hydrogen-bond donors (Lipinski definition) is 5. The van der Waals surface area contributed by atoms with E-state index in [0.717, 1.165) is 21.6 Å². The molecule has 182 valence electrons. The van der Waals surface area contributed by atoms with Gasteiger partial charge in [-0.3, -0.25) is 10.2 Å². The van der Waals surface area contributed by atoms with Crippen molar-refractivity contribution >= 4 is 29.8 Å². The summed E-state index contributed by atoms with van der Waals surface area (Å²) in [5, 5.41) is 11.8. The van der Waals surface area contributed by atoms with E-state index in [9.17, 15) is 23.9 Å². The summed E-state index contributed by atoms with van der Waals surface area (Å²) in [5.74, 6) is -2.59. The van der Waals surface area contributed by atoms with Crippen molar-refractivity contribution in [3.8, 4) is 0 Å². The molecule has 1 atom stereocenters. The molecule has 0 bridgehead atoms. The number of benzene rings is 2. The lowest BCUT2D eigenvalue weighted by molar-refractivity contribution is -0.141. The van der Waals surface area contributed by atoms with Crippen LogP contribution in [0.15, 0.2) is 48.0 Å². The second-order valence-electron chi connectivity index (χ2n) is 8.13. The molecule has 0 aliphatic heterocycles. The number of rotatable bonds is 9. The molecule has 2 aromatic carbocycles. The van der Waals surface area contributed by atoms with Gasteiger partial charge in [0.15, 0.2) is 0 Å². The molecule has 0 aliphatic carbocycles. The summed E-state index contributed by atoms with van der Waals surface area (Å²) in [5.41, 5.74) is 10.9. The quantitative estimate of drug-likeness (QED) is 0.352. The molecule has 4 amide bonds. The normalized spacial score (nSPS) is 11.2. The van der Waals surface area contributed by atoms with Crippen molar-refractivity contribution in [1.82, 2.24) is 21.2 Å². The largest absolute Gasteiger partial charge is 0.481 e. The molecule has 2 rings (SSSR count). The summed E-state index contributed by atoms with van der Waals surface area (Å²) in [6.07, 6.45) is 1.70. The van der Waals surface area contributed by atoms with Crippen molar-refractivity contribution < 1.29 is 23.9 Å². The summed E-state index contributed by atoms with van der Waals surface area (Å²) in [4.78, 5) is 37.3. The van der Waals surface area contributed by atoms with Crippen molar-refractivity contribution in [2.75, 3.05) is 12.0 Å². The number of halogens is 1. The van der Waals surface area contributed by atoms with E-state index in [1.807, 2.05) is 45.0 Å². The van der Waals surface area contributed by atoms with Crippen molar-refractivity contribution in [1.29, 1.82) is 0 Å². The highest BCUT2D eigenvalue weighted by Gasteiger charge is 2.26. The van der Waals surface area contributed by atoms with E-state index in [1.165, 1.54) is 13.0 Å². The van der Waals surface area contributed by atoms with Crippen LogP contribution in [0.5, 0.6) is 0 Å². The maximum absolute atomic E-state index is 14.2. The van der Waals surface area contributed by atoms with Gasteiger partial charge in [0.1, 0.15) is 5.82 Å². The molecule has 2 aromatic rings. The highest BCUT2D eigenvalue weighted by molar-refractivity contribution is 5.93. The van der Waals surface area contributed by atoms with Crippen LogP contribution in [0.1, 0.15) is 37.5 Å². The zero-order chi connectivity index (χ0) is 25.3. The van der Waals surface area contributed by atoms with Gasteiger partial charge in [-0.15, -0.1) is 5.53 Å². The third-order valence-corrected chi connectivity index (χ3v) is 4.75. The molecule has 0 spiro atoms. The highest BCUT2D eigenvalue weighted by atomic mass is 19.1. The van der Waals surface area contributed by atoms with E-state index in [1.54, 1.807) is 18.2 Å². The van der Waals surface area contributed by atoms with Gasteiger partial charge in [-0.25, -0.2) is 18.9 Å². The molecule has 0 radical (unpaired) electrons. The predicted molar refractivity (Wildman–Crippen MR) is 128 cm³/mol. The number of hydrazine groups is 2. The maximum Gasteiger partial charge on any atom is 0.341 e. The zero-order valence-corrected chi connectivity index (χ0v) is 19.6. The summed E-state index contributed by atoms with van der Waals surface area (Å²) < 4.78 is 14.2. The fourth-order valence-corrected chi connectivity index (χ4v) is 2.85. The Kier molecular flexibility index (Phi) is 9.57. The lowest BCUT2D eigenvalue weighted by Gasteiger charge is -2.24. The van der Waals surface area contributed by atoms with Gasteiger partial charge in [0.25, 0.3) is 0 Å². The van der Waals surface area contributed by atoms with Crippen molar-refractivity contribution in [2.24, 2.45) is 5.92 Å². The summed E-state index contributed by atoms with van der Waals surface area (Å²) >= 11 is 0. The van der Waals surface area contributed by atoms with Crippen LogP contribution in [-0.4, -0.2) is 34.6 Å². The van der Waals surface area contributed by atoms with E-state index in [4.69, 9.17) is 0 Å². The van der Waals surface area contributed by atoms with Gasteiger partial charge in [-0.05, 0) is 44.5 Å². The molecule has 0 unspecified atom stereocenters. The van der Waals surface area contributed by atoms with Crippen LogP contribution < -0.4 is 21.7 Å². The molecular weight excluding hydrogens is 441 g/mol. The van der Waals surface area contributed by atoms with Crippen LogP contribution in [0, 0.1) is 18.7 Å². The first kappa shape index (κ1) is 26.3. The number of nitrogens with one attached hydrogen (secondary N) is 4. The lowest BCUT2D eigenvalue weighted by Crippen LogP contribution is -2.54. The minimum atomic E-state index is -1.15. The first-order valence-corrected chi connectivity index (χ1v) is 10.7. The van der Waals surface area contributed by atoms with Crippen LogP contribution >= 0.6 is 0 Å². The average Bonchev–Trinajstić information content (AvgIpc) is 2.78. The van der Waals surface area contributed by atoms with Crippen molar-refractivity contribution in [3.05, 3.63) is 70.5 Å². The molecule has 10 heteroatoms. The van der Waals surface area contributed by atoms with Crippen LogP contribution in [-0.2, 0) is 11.3 Å². The Bertz CT molecular complexity index is 1050. The monoisotopic (exact) mass is 471 g/mol. The Labute approximate surface area is 198 Å². The first-order chi connectivity index (χ1) is 16.1. The van der Waals surface area contributed by atoms with Gasteiger partial charge >= 0.3 is 18.0 Å². The summed E-state index contributed by atoms with van der Waals surface area (Å²) in [7, 11) is 0. The first-order valence-electron chi connectivity index (χ1n) is 10.7. The molecular formula is C24H30FN5O4. The number of allylic oxidation sites excluding steroid dienone is 1. The van der Waals surface area contributed by atoms with E-state index < -0.39 is 29.8 Å². The number of amides is 4. The van der Waals surface area contributed by atoms with E-state index in [2.05, 4.69) is 21.7 Å². The minimum Gasteiger partial charge on any atom is -0.481 e. The molecule has 0 saturated heterocycles. The SMILES string of the molecule is CC(C)=Cc1ccc(NNNC(=O)N(C[C@H](C)C(=O)O)C(=O)NCc2ccc(C)cc2)cc1F. The lowest BCUT2D eigenvalue weighted by atomic mass is 10.1. The number of aryl methyl sites for hydroxylation is 1. The number of urea groups is 2. The highest BCUT2D eigenvalue weighted by Crippen LogP contribution is 2.16. The van der Waals surface area contributed by atoms with Gasteiger partial charge in [-0.2, -0.15) is 0 Å². The molecule has 34 heavy (non-hydrogen) atoms. The third kappa shape index (κ3) is 8.21. The van der Waals surface area contributed by atoms with Crippen LogP contribution in [0.25, 0.3) is 6.08 Å². The molecule has 0 saturated carbocycles. The Morgan fingerprint density at radius 3 is 2.35 bits per heavy atom. The second kappa shape index (κ2) is 12.4. The maximum atomic E-state index is 14.2. The fourth-order valence-electron chi connectivity index (χ4n) is 2.85. The summed E-state index contributed by atoms with van der Waals surface area (Å²) in [6, 6.07) is 10.2. The molecule has 0 fully saturated rings. The van der Waals surface area contributed by atoms with Gasteiger partial charge in [0, 0.05) is 18.7 Å². The molecule has 0 aromatic heterocycles. The Balaban J connectivity index is 1.99. The molecule has 9 nitrogen and oxygen atoms in total. The minimum absolute atomic E-state index is 0.160. The number of anilines is 1. The van der Waals surface area contributed by atoms with Crippen LogP contribution in [0.2, 0.25) is 0 Å². The van der Waals surface area contributed by atoms with Gasteiger partial charge < -0.3 is 15.8 Å². The van der Waals surface area contributed by atoms with E-state index in [0.29, 0.717) is 11.3 Å². The number of carbonyl (C=O) groups excluding carboxylic acids is 2. The number of nitrogens with zero attached hydrogens (tertiary/aromatic N) is 1. The smallest absolute Gasteiger partial charge is 0.341 e. The second-order valence-corrected chi connectivity index (χ2v) is 8.13. The topological polar surface area (TPSA) is 123 Å². The number of hydrogen-bond acceptors (Lipinski definition) is 5. The van der Waals surface area contributed by atoms with E-state index >= 15 is 0 Å². The molecule has 5 N–H and O–H groups in total. The number of carboxylic acids is 1. The van der Waals surface area contributed by atoms with Crippen molar-refractivity contribution in [3.63, 3.8) is 0 Å². The number of aliphatic carboxylic acids is 1. The van der Waals surface area contributed by atoms with Gasteiger partial charge in [-0.1, -0.05) is 48.4 Å². The van der Waals surface area contributed by atoms with Crippen LogP contribution in [0.4, 0.5) is 19.7 Å². The number of carbonyl (C=O) groups is 3. The predicted octanol–water partition coefficient (Wildman–Crippen LogP) is 4.03. The standard InChI is InChI=1S/C24H30FN5O4/c1-15(2)11-19-9-10-20(12-21(19)25)27-29-28-24(34)30(14-17(4)22(31)32)23(33)26-13-18-7-5-16(3)6-8-18/h5-12,17,27,29H,13-14H2,1-4H3,(H,26,33)(H,28,34)(H,31,32)/t17-/m0/s1. The number of carboxylic acid groups (broad SMARTS) is 1. The zero-order valence-electron chi connectivity index (χ0n) is 19.6. The van der Waals surface area contributed by atoms with E-state index in [-0.39, 0.29) is 13.1 Å². The Morgan fingerprint density at radius 2 is 1.76 bits per heavy atom. The number of imide groups is 1. The fraction of sp³-hybridized carbons (Fsp3) is 0.292. The van der Waals surface area contributed by atoms with Crippen LogP contribution in [0.3, 0.4) is 0 Å². The third-order valence-electron chi connectivity index (χ3n) is 4.75. The van der Waals surface area contributed by atoms with Crippen molar-refractivity contribution in [2.45, 2.75) is 34.2 Å². The Hall–Kier alpha value is -3.92. The molecule has 0 aliphatic rings. The van der Waals surface area contributed by atoms with Gasteiger partial charge in [0.05, 0.1) is 11.6 Å². The molecule has 0 heterocycles. The summed E-state index contributed by atoms with van der Waals surface area (Å²) in [6.45, 7) is 6.85. The Morgan fingerprint density at radius 1 is 1.09 bits per heavy atom. The van der Waals surface area contributed by atoms with Gasteiger partial charge in [0.2, 0.25) is 0 Å².